The number of aryl methyl sites for hydroxylation is 1. The summed E-state index contributed by atoms with van der Waals surface area (Å²) < 4.78 is 11.4. The molecule has 0 atom stereocenters. The van der Waals surface area contributed by atoms with Crippen LogP contribution in [0.4, 0.5) is 5.69 Å². The summed E-state index contributed by atoms with van der Waals surface area (Å²) >= 11 is 11.0. The number of amides is 1. The van der Waals surface area contributed by atoms with Crippen molar-refractivity contribution in [3.8, 4) is 11.5 Å². The fourth-order valence-electron chi connectivity index (χ4n) is 2.06. The fourth-order valence-corrected chi connectivity index (χ4v) is 3.58. The number of hydrogen-bond donors (Lipinski definition) is 1. The molecule has 0 aromatic heterocycles. The van der Waals surface area contributed by atoms with Gasteiger partial charge >= 0.3 is 0 Å². The van der Waals surface area contributed by atoms with Crippen LogP contribution in [0.5, 0.6) is 11.5 Å². The zero-order chi connectivity index (χ0) is 17.7. The molecule has 128 valence electrons. The SMILES string of the molecule is COc1cc(NC(=O)CSc2ccc(Br)cc2C)c(OC)cc1Cl. The molecule has 0 heterocycles. The van der Waals surface area contributed by atoms with Crippen molar-refractivity contribution in [3.05, 3.63) is 45.4 Å². The lowest BCUT2D eigenvalue weighted by Crippen LogP contribution is -2.15. The van der Waals surface area contributed by atoms with Crippen molar-refractivity contribution in [3.63, 3.8) is 0 Å². The number of nitrogens with one attached hydrogen (secondary N) is 1. The van der Waals surface area contributed by atoms with E-state index in [1.54, 1.807) is 12.1 Å². The van der Waals surface area contributed by atoms with Gasteiger partial charge < -0.3 is 14.8 Å². The molecule has 0 fully saturated rings. The predicted octanol–water partition coefficient (Wildman–Crippen LogP) is 5.16. The van der Waals surface area contributed by atoms with E-state index in [1.165, 1.54) is 26.0 Å². The molecular formula is C17H17BrClNO3S. The van der Waals surface area contributed by atoms with Gasteiger partial charge in [-0.2, -0.15) is 0 Å². The topological polar surface area (TPSA) is 47.6 Å². The Bertz CT molecular complexity index is 755. The summed E-state index contributed by atoms with van der Waals surface area (Å²) in [4.78, 5) is 13.3. The Kier molecular flexibility index (Phi) is 6.83. The van der Waals surface area contributed by atoms with Crippen molar-refractivity contribution in [1.29, 1.82) is 0 Å². The molecule has 2 rings (SSSR count). The van der Waals surface area contributed by atoms with E-state index in [0.29, 0.717) is 22.2 Å². The van der Waals surface area contributed by atoms with Crippen molar-refractivity contribution in [2.45, 2.75) is 11.8 Å². The van der Waals surface area contributed by atoms with Crippen LogP contribution >= 0.6 is 39.3 Å². The predicted molar refractivity (Wildman–Crippen MR) is 103 cm³/mol. The van der Waals surface area contributed by atoms with Crippen LogP contribution in [0.25, 0.3) is 0 Å². The van der Waals surface area contributed by atoms with Gasteiger partial charge in [-0.15, -0.1) is 11.8 Å². The van der Waals surface area contributed by atoms with Crippen molar-refractivity contribution in [2.24, 2.45) is 0 Å². The monoisotopic (exact) mass is 429 g/mol. The molecule has 24 heavy (non-hydrogen) atoms. The number of carbonyl (C=O) groups excluding carboxylic acids is 1. The average Bonchev–Trinajstić information content (AvgIpc) is 2.55. The van der Waals surface area contributed by atoms with E-state index in [2.05, 4.69) is 21.2 Å². The van der Waals surface area contributed by atoms with Gasteiger partial charge in [-0.25, -0.2) is 0 Å². The third kappa shape index (κ3) is 4.82. The van der Waals surface area contributed by atoms with Crippen LogP contribution in [0.15, 0.2) is 39.7 Å². The van der Waals surface area contributed by atoms with Gasteiger partial charge in [0.1, 0.15) is 11.5 Å². The molecule has 0 aliphatic carbocycles. The lowest BCUT2D eigenvalue weighted by molar-refractivity contribution is -0.113. The molecule has 1 N–H and O–H groups in total. The molecule has 4 nitrogen and oxygen atoms in total. The summed E-state index contributed by atoms with van der Waals surface area (Å²) in [5, 5.41) is 3.26. The first kappa shape index (κ1) is 19.0. The van der Waals surface area contributed by atoms with Crippen LogP contribution in [-0.4, -0.2) is 25.9 Å². The molecular weight excluding hydrogens is 414 g/mol. The number of anilines is 1. The van der Waals surface area contributed by atoms with Crippen LogP contribution in [-0.2, 0) is 4.79 Å². The average molecular weight is 431 g/mol. The third-order valence-corrected chi connectivity index (χ3v) is 5.21. The van der Waals surface area contributed by atoms with E-state index in [4.69, 9.17) is 21.1 Å². The van der Waals surface area contributed by atoms with Crippen LogP contribution in [0.1, 0.15) is 5.56 Å². The molecule has 0 bridgehead atoms. The number of thioether (sulfide) groups is 1. The van der Waals surface area contributed by atoms with E-state index < -0.39 is 0 Å². The van der Waals surface area contributed by atoms with Gasteiger partial charge in [0.15, 0.2) is 0 Å². The largest absolute Gasteiger partial charge is 0.495 e. The maximum absolute atomic E-state index is 12.2. The van der Waals surface area contributed by atoms with Gasteiger partial charge in [0.05, 0.1) is 30.7 Å². The minimum atomic E-state index is -0.134. The molecule has 7 heteroatoms. The highest BCUT2D eigenvalue weighted by atomic mass is 79.9. The number of ether oxygens (including phenoxy) is 2. The van der Waals surface area contributed by atoms with Gasteiger partial charge in [0, 0.05) is 21.5 Å². The molecule has 0 aliphatic rings. The van der Waals surface area contributed by atoms with Crippen LogP contribution < -0.4 is 14.8 Å². The minimum absolute atomic E-state index is 0.134. The molecule has 0 radical (unpaired) electrons. The maximum atomic E-state index is 12.2. The highest BCUT2D eigenvalue weighted by molar-refractivity contribution is 9.10. The summed E-state index contributed by atoms with van der Waals surface area (Å²) in [7, 11) is 3.04. The lowest BCUT2D eigenvalue weighted by Gasteiger charge is -2.13. The zero-order valence-electron chi connectivity index (χ0n) is 13.5. The molecule has 0 unspecified atom stereocenters. The molecule has 0 saturated carbocycles. The third-order valence-electron chi connectivity index (χ3n) is 3.24. The van der Waals surface area contributed by atoms with E-state index in [9.17, 15) is 4.79 Å². The fraction of sp³-hybridized carbons (Fsp3) is 0.235. The second-order valence-corrected chi connectivity index (χ2v) is 7.27. The molecule has 0 spiro atoms. The van der Waals surface area contributed by atoms with E-state index in [1.807, 2.05) is 25.1 Å². The molecule has 1 amide bonds. The Morgan fingerprint density at radius 1 is 1.21 bits per heavy atom. The van der Waals surface area contributed by atoms with Crippen molar-refractivity contribution in [1.82, 2.24) is 0 Å². The highest BCUT2D eigenvalue weighted by Crippen LogP contribution is 2.36. The van der Waals surface area contributed by atoms with Gasteiger partial charge in [-0.05, 0) is 30.7 Å². The highest BCUT2D eigenvalue weighted by Gasteiger charge is 2.13. The Balaban J connectivity index is 2.06. The Hall–Kier alpha value is -1.37. The van der Waals surface area contributed by atoms with Crippen LogP contribution in [0, 0.1) is 6.92 Å². The van der Waals surface area contributed by atoms with Crippen molar-refractivity contribution in [2.75, 3.05) is 25.3 Å². The smallest absolute Gasteiger partial charge is 0.234 e. The van der Waals surface area contributed by atoms with E-state index in [-0.39, 0.29) is 11.7 Å². The molecule has 2 aromatic rings. The van der Waals surface area contributed by atoms with Crippen LogP contribution in [0.2, 0.25) is 5.02 Å². The van der Waals surface area contributed by atoms with Crippen LogP contribution in [0.3, 0.4) is 0 Å². The summed E-state index contributed by atoms with van der Waals surface area (Å²) in [5.74, 6) is 1.12. The Labute approximate surface area is 159 Å². The molecule has 0 saturated heterocycles. The lowest BCUT2D eigenvalue weighted by atomic mass is 10.2. The summed E-state index contributed by atoms with van der Waals surface area (Å²) in [6.45, 7) is 2.01. The first-order valence-electron chi connectivity index (χ1n) is 7.05. The molecule has 2 aromatic carbocycles. The first-order chi connectivity index (χ1) is 11.4. The first-order valence-corrected chi connectivity index (χ1v) is 9.20. The summed E-state index contributed by atoms with van der Waals surface area (Å²) in [6.07, 6.45) is 0. The number of hydrogen-bond acceptors (Lipinski definition) is 4. The quantitative estimate of drug-likeness (QED) is 0.643. The summed E-state index contributed by atoms with van der Waals surface area (Å²) in [6, 6.07) is 9.23. The summed E-state index contributed by atoms with van der Waals surface area (Å²) in [5.41, 5.74) is 1.64. The van der Waals surface area contributed by atoms with E-state index in [0.717, 1.165) is 14.9 Å². The number of carbonyl (C=O) groups is 1. The number of methoxy groups -OCH3 is 2. The Morgan fingerprint density at radius 2 is 1.92 bits per heavy atom. The standard InChI is InChI=1S/C17H17BrClNO3S/c1-10-6-11(18)4-5-16(10)24-9-17(21)20-13-8-14(22-2)12(19)7-15(13)23-3/h4-8H,9H2,1-3H3,(H,20,21). The van der Waals surface area contributed by atoms with Gasteiger partial charge in [0.2, 0.25) is 5.91 Å². The second kappa shape index (κ2) is 8.65. The van der Waals surface area contributed by atoms with Gasteiger partial charge in [0.25, 0.3) is 0 Å². The van der Waals surface area contributed by atoms with Gasteiger partial charge in [-0.1, -0.05) is 27.5 Å². The van der Waals surface area contributed by atoms with Crippen molar-refractivity contribution < 1.29 is 14.3 Å². The second-order valence-electron chi connectivity index (χ2n) is 4.93. The number of rotatable bonds is 6. The van der Waals surface area contributed by atoms with Gasteiger partial charge in [-0.3, -0.25) is 4.79 Å². The number of benzene rings is 2. The van der Waals surface area contributed by atoms with Crippen molar-refractivity contribution >= 4 is 50.9 Å². The maximum Gasteiger partial charge on any atom is 0.234 e. The van der Waals surface area contributed by atoms with E-state index >= 15 is 0 Å². The minimum Gasteiger partial charge on any atom is -0.495 e. The Morgan fingerprint density at radius 3 is 2.54 bits per heavy atom. The number of halogens is 2. The zero-order valence-corrected chi connectivity index (χ0v) is 16.6. The molecule has 0 aliphatic heterocycles. The normalized spacial score (nSPS) is 10.4.